The normalized spacial score (nSPS) is 10.5. The van der Waals surface area contributed by atoms with Gasteiger partial charge >= 0.3 is 6.61 Å². The number of thiazole rings is 1. The molecule has 0 radical (unpaired) electrons. The summed E-state index contributed by atoms with van der Waals surface area (Å²) in [6, 6.07) is 12.6. The van der Waals surface area contributed by atoms with E-state index < -0.39 is 6.61 Å². The molecule has 0 aliphatic heterocycles. The lowest BCUT2D eigenvalue weighted by Crippen LogP contribution is -2.12. The number of carbonyl (C=O) groups excluding carboxylic acids is 2. The summed E-state index contributed by atoms with van der Waals surface area (Å²) in [5.41, 5.74) is 2.02. The molecule has 3 N–H and O–H groups in total. The number of halogens is 2. The molecule has 3 rings (SSSR count). The van der Waals surface area contributed by atoms with Crippen molar-refractivity contribution in [3.8, 4) is 5.75 Å². The number of rotatable bonds is 7. The number of hydrogen-bond acceptors (Lipinski definition) is 6. The third kappa shape index (κ3) is 5.98. The second kappa shape index (κ2) is 9.11. The van der Waals surface area contributed by atoms with Crippen LogP contribution in [0.25, 0.3) is 0 Å². The van der Waals surface area contributed by atoms with Gasteiger partial charge in [-0.3, -0.25) is 9.59 Å². The first-order chi connectivity index (χ1) is 13.9. The number of nitrogens with zero attached hydrogens (tertiary/aromatic N) is 1. The first kappa shape index (κ1) is 20.2. The van der Waals surface area contributed by atoms with Gasteiger partial charge in [-0.05, 0) is 48.5 Å². The summed E-state index contributed by atoms with van der Waals surface area (Å²) in [4.78, 5) is 27.6. The number of hydrogen-bond donors (Lipinski definition) is 3. The van der Waals surface area contributed by atoms with Crippen LogP contribution in [0.15, 0.2) is 53.9 Å². The Labute approximate surface area is 168 Å². The number of carbonyl (C=O) groups is 2. The van der Waals surface area contributed by atoms with Gasteiger partial charge in [-0.25, -0.2) is 4.98 Å². The molecule has 2 aromatic carbocycles. The maximum absolute atomic E-state index is 12.3. The average Bonchev–Trinajstić information content (AvgIpc) is 3.13. The Balaban J connectivity index is 1.59. The number of aromatic nitrogens is 1. The van der Waals surface area contributed by atoms with E-state index >= 15 is 0 Å². The number of ether oxygens (including phenoxy) is 1. The van der Waals surface area contributed by atoms with Crippen LogP contribution in [-0.2, 0) is 4.79 Å². The first-order valence-electron chi connectivity index (χ1n) is 8.35. The van der Waals surface area contributed by atoms with Gasteiger partial charge in [0.25, 0.3) is 5.91 Å². The van der Waals surface area contributed by atoms with E-state index in [9.17, 15) is 18.4 Å². The first-order valence-corrected chi connectivity index (χ1v) is 9.23. The Morgan fingerprint density at radius 3 is 2.14 bits per heavy atom. The molecule has 150 valence electrons. The Hall–Kier alpha value is -3.53. The Morgan fingerprint density at radius 1 is 0.966 bits per heavy atom. The zero-order chi connectivity index (χ0) is 20.8. The Morgan fingerprint density at radius 2 is 1.55 bits per heavy atom. The molecule has 1 aromatic heterocycles. The van der Waals surface area contributed by atoms with Gasteiger partial charge < -0.3 is 20.7 Å². The topological polar surface area (TPSA) is 92.4 Å². The monoisotopic (exact) mass is 418 g/mol. The van der Waals surface area contributed by atoms with Crippen LogP contribution < -0.4 is 20.7 Å². The molecule has 0 aliphatic rings. The summed E-state index contributed by atoms with van der Waals surface area (Å²) in [6.07, 6.45) is 0. The summed E-state index contributed by atoms with van der Waals surface area (Å²) in [5.74, 6) is -0.517. The van der Waals surface area contributed by atoms with Gasteiger partial charge in [0.15, 0.2) is 5.13 Å². The van der Waals surface area contributed by atoms with Gasteiger partial charge in [0.2, 0.25) is 5.91 Å². The highest BCUT2D eigenvalue weighted by Gasteiger charge is 2.12. The van der Waals surface area contributed by atoms with E-state index in [0.717, 1.165) is 0 Å². The number of nitrogens with one attached hydrogen (secondary N) is 3. The van der Waals surface area contributed by atoms with E-state index in [0.29, 0.717) is 22.2 Å². The minimum Gasteiger partial charge on any atom is -0.435 e. The standard InChI is InChI=1S/C19H16F2N4O3S/c1-11(26)22-12-2-4-13(5-3-12)23-17(27)16-10-29-19(25-16)24-14-6-8-15(9-7-14)28-18(20)21/h2-10,18H,1H3,(H,22,26)(H,23,27)(H,24,25). The van der Waals surface area contributed by atoms with E-state index in [4.69, 9.17) is 0 Å². The van der Waals surface area contributed by atoms with Gasteiger partial charge in [-0.15, -0.1) is 11.3 Å². The fraction of sp³-hybridized carbons (Fsp3) is 0.105. The molecule has 3 aromatic rings. The van der Waals surface area contributed by atoms with Gasteiger partial charge in [-0.1, -0.05) is 0 Å². The van der Waals surface area contributed by atoms with Gasteiger partial charge in [0.05, 0.1) is 0 Å². The Kier molecular flexibility index (Phi) is 6.35. The zero-order valence-electron chi connectivity index (χ0n) is 15.1. The van der Waals surface area contributed by atoms with Crippen molar-refractivity contribution in [1.82, 2.24) is 4.98 Å². The zero-order valence-corrected chi connectivity index (χ0v) is 15.9. The molecule has 2 amide bonds. The predicted molar refractivity (Wildman–Crippen MR) is 107 cm³/mol. The molecule has 0 bridgehead atoms. The predicted octanol–water partition coefficient (Wildman–Crippen LogP) is 4.70. The van der Waals surface area contributed by atoms with E-state index in [-0.39, 0.29) is 23.3 Å². The van der Waals surface area contributed by atoms with Crippen LogP contribution in [0.2, 0.25) is 0 Å². The quantitative estimate of drug-likeness (QED) is 0.517. The molecule has 0 atom stereocenters. The fourth-order valence-electron chi connectivity index (χ4n) is 2.31. The molecule has 29 heavy (non-hydrogen) atoms. The summed E-state index contributed by atoms with van der Waals surface area (Å²) in [7, 11) is 0. The second-order valence-corrected chi connectivity index (χ2v) is 6.64. The van der Waals surface area contributed by atoms with Crippen LogP contribution in [-0.4, -0.2) is 23.4 Å². The molecule has 0 fully saturated rings. The lowest BCUT2D eigenvalue weighted by molar-refractivity contribution is -0.114. The Bertz CT molecular complexity index is 991. The van der Waals surface area contributed by atoms with E-state index in [1.54, 1.807) is 41.8 Å². The van der Waals surface area contributed by atoms with E-state index in [1.165, 1.54) is 30.4 Å². The van der Waals surface area contributed by atoms with Crippen LogP contribution >= 0.6 is 11.3 Å². The van der Waals surface area contributed by atoms with Crippen LogP contribution in [0.4, 0.5) is 31.0 Å². The lowest BCUT2D eigenvalue weighted by Gasteiger charge is -2.06. The number of benzene rings is 2. The third-order valence-electron chi connectivity index (χ3n) is 3.53. The number of alkyl halides is 2. The molecule has 7 nitrogen and oxygen atoms in total. The minimum atomic E-state index is -2.88. The molecule has 0 unspecified atom stereocenters. The van der Waals surface area contributed by atoms with Crippen LogP contribution in [0.3, 0.4) is 0 Å². The fourth-order valence-corrected chi connectivity index (χ4v) is 3.02. The summed E-state index contributed by atoms with van der Waals surface area (Å²) in [6.45, 7) is -1.47. The molecular formula is C19H16F2N4O3S. The molecule has 0 aliphatic carbocycles. The highest BCUT2D eigenvalue weighted by Crippen LogP contribution is 2.24. The highest BCUT2D eigenvalue weighted by molar-refractivity contribution is 7.14. The average molecular weight is 418 g/mol. The maximum atomic E-state index is 12.3. The van der Waals surface area contributed by atoms with Gasteiger partial charge in [-0.2, -0.15) is 8.78 Å². The van der Waals surface area contributed by atoms with Gasteiger partial charge in [0, 0.05) is 29.4 Å². The minimum absolute atomic E-state index is 0.0503. The van der Waals surface area contributed by atoms with Crippen molar-refractivity contribution < 1.29 is 23.1 Å². The molecule has 1 heterocycles. The van der Waals surface area contributed by atoms with Crippen LogP contribution in [0.5, 0.6) is 5.75 Å². The van der Waals surface area contributed by atoms with Crippen LogP contribution in [0.1, 0.15) is 17.4 Å². The highest BCUT2D eigenvalue weighted by atomic mass is 32.1. The summed E-state index contributed by atoms with van der Waals surface area (Å²) < 4.78 is 28.6. The number of amides is 2. The second-order valence-electron chi connectivity index (χ2n) is 5.78. The van der Waals surface area contributed by atoms with Gasteiger partial charge in [0.1, 0.15) is 11.4 Å². The summed E-state index contributed by atoms with van der Waals surface area (Å²) >= 11 is 1.23. The molecule has 0 spiro atoms. The molecule has 0 saturated heterocycles. The van der Waals surface area contributed by atoms with Crippen molar-refractivity contribution >= 4 is 45.3 Å². The SMILES string of the molecule is CC(=O)Nc1ccc(NC(=O)c2csc(Nc3ccc(OC(F)F)cc3)n2)cc1. The molecular weight excluding hydrogens is 402 g/mol. The van der Waals surface area contributed by atoms with E-state index in [1.807, 2.05) is 0 Å². The van der Waals surface area contributed by atoms with Crippen molar-refractivity contribution in [2.75, 3.05) is 16.0 Å². The van der Waals surface area contributed by atoms with Crippen molar-refractivity contribution in [2.24, 2.45) is 0 Å². The third-order valence-corrected chi connectivity index (χ3v) is 4.29. The van der Waals surface area contributed by atoms with Crippen molar-refractivity contribution in [3.05, 3.63) is 59.6 Å². The van der Waals surface area contributed by atoms with Crippen molar-refractivity contribution in [1.29, 1.82) is 0 Å². The summed E-state index contributed by atoms with van der Waals surface area (Å²) in [5, 5.41) is 10.4. The van der Waals surface area contributed by atoms with E-state index in [2.05, 4.69) is 25.7 Å². The maximum Gasteiger partial charge on any atom is 0.387 e. The van der Waals surface area contributed by atoms with Crippen molar-refractivity contribution in [3.63, 3.8) is 0 Å². The largest absolute Gasteiger partial charge is 0.435 e. The molecule has 10 heteroatoms. The van der Waals surface area contributed by atoms with Crippen LogP contribution in [0, 0.1) is 0 Å². The number of anilines is 4. The van der Waals surface area contributed by atoms with Crippen molar-refractivity contribution in [2.45, 2.75) is 13.5 Å². The smallest absolute Gasteiger partial charge is 0.387 e. The molecule has 0 saturated carbocycles. The lowest BCUT2D eigenvalue weighted by atomic mass is 10.2.